The second-order valence-electron chi connectivity index (χ2n) is 13.4. The summed E-state index contributed by atoms with van der Waals surface area (Å²) in [4.78, 5) is 2.23. The molecule has 1 aliphatic heterocycles. The second-order valence-corrected chi connectivity index (χ2v) is 13.4. The summed E-state index contributed by atoms with van der Waals surface area (Å²) in [5.41, 5.74) is 0. The first-order valence-corrected chi connectivity index (χ1v) is 19.2. The van der Waals surface area contributed by atoms with Gasteiger partial charge in [-0.2, -0.15) is 0 Å². The SMILES string of the molecule is CCCCC/C=C\C/C=C\CCCCCCCC1OC(CCN(C)C)OC1CCCCCCC/C=C\C/C=C\CCCCC. The maximum Gasteiger partial charge on any atom is 0.159 e. The molecular weight excluding hydrogens is 538 g/mol. The fourth-order valence-corrected chi connectivity index (χ4v) is 5.92. The molecule has 0 saturated carbocycles. The number of hydrogen-bond donors (Lipinski definition) is 0. The molecule has 1 aliphatic rings. The van der Waals surface area contributed by atoms with E-state index in [0.717, 1.165) is 38.6 Å². The molecule has 256 valence electrons. The molecule has 2 unspecified atom stereocenters. The molecule has 3 nitrogen and oxygen atoms in total. The van der Waals surface area contributed by atoms with E-state index in [1.807, 2.05) is 0 Å². The van der Waals surface area contributed by atoms with Crippen LogP contribution in [0.2, 0.25) is 0 Å². The minimum atomic E-state index is -0.0108. The molecule has 1 heterocycles. The van der Waals surface area contributed by atoms with Crippen molar-refractivity contribution in [3.63, 3.8) is 0 Å². The highest BCUT2D eigenvalue weighted by Crippen LogP contribution is 2.29. The van der Waals surface area contributed by atoms with Crippen LogP contribution in [0.3, 0.4) is 0 Å². The van der Waals surface area contributed by atoms with Crippen LogP contribution in [0.25, 0.3) is 0 Å². The van der Waals surface area contributed by atoms with Crippen molar-refractivity contribution >= 4 is 0 Å². The molecule has 0 spiro atoms. The lowest BCUT2D eigenvalue weighted by Crippen LogP contribution is -2.22. The Morgan fingerprint density at radius 1 is 0.432 bits per heavy atom. The average molecular weight is 614 g/mol. The molecule has 1 fully saturated rings. The number of unbranched alkanes of at least 4 members (excludes halogenated alkanes) is 16. The molecule has 3 heteroatoms. The van der Waals surface area contributed by atoms with Gasteiger partial charge in [0.2, 0.25) is 0 Å². The van der Waals surface area contributed by atoms with Crippen LogP contribution in [-0.2, 0) is 9.47 Å². The van der Waals surface area contributed by atoms with E-state index in [1.54, 1.807) is 0 Å². The van der Waals surface area contributed by atoms with Gasteiger partial charge in [0.05, 0.1) is 12.2 Å². The third-order valence-corrected chi connectivity index (χ3v) is 8.76. The molecule has 2 atom stereocenters. The van der Waals surface area contributed by atoms with Gasteiger partial charge in [-0.15, -0.1) is 0 Å². The maximum absolute atomic E-state index is 6.44. The Hall–Kier alpha value is -1.16. The average Bonchev–Trinajstić information content (AvgIpc) is 3.41. The Morgan fingerprint density at radius 3 is 1.18 bits per heavy atom. The lowest BCUT2D eigenvalue weighted by atomic mass is 9.99. The zero-order valence-electron chi connectivity index (χ0n) is 30.0. The summed E-state index contributed by atoms with van der Waals surface area (Å²) in [6, 6.07) is 0. The van der Waals surface area contributed by atoms with Crippen molar-refractivity contribution < 1.29 is 9.47 Å². The molecule has 0 aromatic rings. The van der Waals surface area contributed by atoms with Gasteiger partial charge in [-0.05, 0) is 91.1 Å². The van der Waals surface area contributed by atoms with Crippen LogP contribution in [0, 0.1) is 0 Å². The molecule has 0 aliphatic carbocycles. The Balaban J connectivity index is 2.13. The van der Waals surface area contributed by atoms with Crippen molar-refractivity contribution in [1.29, 1.82) is 0 Å². The van der Waals surface area contributed by atoms with Crippen LogP contribution in [0.1, 0.15) is 174 Å². The summed E-state index contributed by atoms with van der Waals surface area (Å²) < 4.78 is 12.9. The van der Waals surface area contributed by atoms with Crippen molar-refractivity contribution in [2.75, 3.05) is 20.6 Å². The van der Waals surface area contributed by atoms with Crippen molar-refractivity contribution in [3.05, 3.63) is 48.6 Å². The van der Waals surface area contributed by atoms with Crippen LogP contribution in [0.5, 0.6) is 0 Å². The summed E-state index contributed by atoms with van der Waals surface area (Å²) in [5.74, 6) is 0. The number of allylic oxidation sites excluding steroid dienone is 8. The summed E-state index contributed by atoms with van der Waals surface area (Å²) in [6.07, 6.45) is 51.1. The zero-order valence-corrected chi connectivity index (χ0v) is 30.0. The smallest absolute Gasteiger partial charge is 0.159 e. The van der Waals surface area contributed by atoms with Crippen molar-refractivity contribution in [3.8, 4) is 0 Å². The first-order valence-electron chi connectivity index (χ1n) is 19.2. The van der Waals surface area contributed by atoms with E-state index >= 15 is 0 Å². The minimum Gasteiger partial charge on any atom is -0.347 e. The molecular formula is C41H75NO2. The van der Waals surface area contributed by atoms with Crippen LogP contribution in [0.15, 0.2) is 48.6 Å². The van der Waals surface area contributed by atoms with Gasteiger partial charge in [-0.3, -0.25) is 0 Å². The Labute approximate surface area is 276 Å². The molecule has 1 saturated heterocycles. The fourth-order valence-electron chi connectivity index (χ4n) is 5.92. The number of ether oxygens (including phenoxy) is 2. The quantitative estimate of drug-likeness (QED) is 0.0573. The van der Waals surface area contributed by atoms with Crippen molar-refractivity contribution in [2.24, 2.45) is 0 Å². The largest absolute Gasteiger partial charge is 0.347 e. The highest BCUT2D eigenvalue weighted by molar-refractivity contribution is 4.93. The van der Waals surface area contributed by atoms with E-state index in [4.69, 9.17) is 9.47 Å². The van der Waals surface area contributed by atoms with Gasteiger partial charge in [-0.25, -0.2) is 0 Å². The molecule has 0 aromatic heterocycles. The molecule has 1 rings (SSSR count). The topological polar surface area (TPSA) is 21.7 Å². The molecule has 0 radical (unpaired) electrons. The standard InChI is InChI=1S/C41H75NO2/c1-5-7-9-11-13-15-17-19-21-23-25-27-29-31-33-35-39-40(44-41(43-39)37-38-42(3)4)36-34-32-30-28-26-24-22-20-18-16-14-12-10-8-6-2/h13-16,19-22,39-41H,5-12,17-18,23-38H2,1-4H3/b15-13-,16-14-,21-19-,22-20-. The maximum atomic E-state index is 6.44. The Bertz CT molecular complexity index is 655. The van der Waals surface area contributed by atoms with Gasteiger partial charge < -0.3 is 14.4 Å². The predicted octanol–water partition coefficient (Wildman–Crippen LogP) is 12.7. The molecule has 0 N–H and O–H groups in total. The first-order chi connectivity index (χ1) is 21.7. The monoisotopic (exact) mass is 614 g/mol. The zero-order chi connectivity index (χ0) is 31.8. The predicted molar refractivity (Wildman–Crippen MR) is 195 cm³/mol. The van der Waals surface area contributed by atoms with E-state index in [9.17, 15) is 0 Å². The van der Waals surface area contributed by atoms with Gasteiger partial charge in [-0.1, -0.05) is 140 Å². The van der Waals surface area contributed by atoms with Gasteiger partial charge in [0.1, 0.15) is 0 Å². The highest BCUT2D eigenvalue weighted by Gasteiger charge is 2.34. The third-order valence-electron chi connectivity index (χ3n) is 8.76. The summed E-state index contributed by atoms with van der Waals surface area (Å²) >= 11 is 0. The second kappa shape index (κ2) is 31.8. The fraction of sp³-hybridized carbons (Fsp3) is 0.805. The highest BCUT2D eigenvalue weighted by atomic mass is 16.7. The molecule has 0 amide bonds. The number of rotatable bonds is 31. The molecule has 0 aromatic carbocycles. The first kappa shape index (κ1) is 40.9. The third kappa shape index (κ3) is 26.1. The lowest BCUT2D eigenvalue weighted by Gasteiger charge is -2.16. The van der Waals surface area contributed by atoms with Crippen LogP contribution >= 0.6 is 0 Å². The van der Waals surface area contributed by atoms with E-state index in [0.29, 0.717) is 12.2 Å². The van der Waals surface area contributed by atoms with Crippen molar-refractivity contribution in [2.45, 2.75) is 193 Å². The van der Waals surface area contributed by atoms with Crippen LogP contribution in [0.4, 0.5) is 0 Å². The Kier molecular flexibility index (Phi) is 29.5. The molecule has 44 heavy (non-hydrogen) atoms. The van der Waals surface area contributed by atoms with Crippen LogP contribution < -0.4 is 0 Å². The van der Waals surface area contributed by atoms with Gasteiger partial charge in [0.25, 0.3) is 0 Å². The minimum absolute atomic E-state index is 0.0108. The number of nitrogens with zero attached hydrogens (tertiary/aromatic N) is 1. The van der Waals surface area contributed by atoms with Crippen LogP contribution in [-0.4, -0.2) is 44.0 Å². The number of hydrogen-bond acceptors (Lipinski definition) is 3. The normalized spacial score (nSPS) is 19.3. The summed E-state index contributed by atoms with van der Waals surface area (Å²) in [7, 11) is 4.27. The van der Waals surface area contributed by atoms with Gasteiger partial charge in [0, 0.05) is 13.0 Å². The van der Waals surface area contributed by atoms with E-state index in [2.05, 4.69) is 81.5 Å². The Morgan fingerprint density at radius 2 is 0.795 bits per heavy atom. The van der Waals surface area contributed by atoms with E-state index in [-0.39, 0.29) is 6.29 Å². The summed E-state index contributed by atoms with van der Waals surface area (Å²) in [5, 5.41) is 0. The summed E-state index contributed by atoms with van der Waals surface area (Å²) in [6.45, 7) is 5.56. The van der Waals surface area contributed by atoms with Gasteiger partial charge >= 0.3 is 0 Å². The lowest BCUT2D eigenvalue weighted by molar-refractivity contribution is -0.0743. The van der Waals surface area contributed by atoms with E-state index in [1.165, 1.54) is 128 Å². The molecule has 0 bridgehead atoms. The van der Waals surface area contributed by atoms with Gasteiger partial charge in [0.15, 0.2) is 6.29 Å². The van der Waals surface area contributed by atoms with E-state index < -0.39 is 0 Å². The van der Waals surface area contributed by atoms with Crippen molar-refractivity contribution in [1.82, 2.24) is 4.90 Å².